The third-order valence-corrected chi connectivity index (χ3v) is 4.43. The van der Waals surface area contributed by atoms with Crippen molar-refractivity contribution in [2.45, 2.75) is 33.2 Å². The first-order valence-corrected chi connectivity index (χ1v) is 8.32. The Labute approximate surface area is 138 Å². The molecule has 0 saturated heterocycles. The van der Waals surface area contributed by atoms with Crippen LogP contribution in [0, 0.1) is 13.8 Å². The van der Waals surface area contributed by atoms with Gasteiger partial charge in [-0.25, -0.2) is 0 Å². The molecule has 0 aliphatic heterocycles. The van der Waals surface area contributed by atoms with Crippen LogP contribution in [0.25, 0.3) is 0 Å². The van der Waals surface area contributed by atoms with Crippen molar-refractivity contribution in [2.24, 2.45) is 0 Å². The second kappa shape index (κ2) is 6.77. The predicted octanol–water partition coefficient (Wildman–Crippen LogP) is 5.87. The highest BCUT2D eigenvalue weighted by Gasteiger charge is 2.09. The van der Waals surface area contributed by atoms with Crippen molar-refractivity contribution in [3.05, 3.63) is 62.0 Å². The number of benzene rings is 2. The molecule has 20 heavy (non-hydrogen) atoms. The molecule has 106 valence electrons. The number of aryl methyl sites for hydroxylation is 2. The zero-order valence-electron chi connectivity index (χ0n) is 12.0. The van der Waals surface area contributed by atoms with Gasteiger partial charge in [0.1, 0.15) is 0 Å². The summed E-state index contributed by atoms with van der Waals surface area (Å²) in [6.45, 7) is 6.48. The van der Waals surface area contributed by atoms with Crippen LogP contribution in [-0.4, -0.2) is 6.04 Å². The fraction of sp³-hybridized carbons (Fsp3) is 0.294. The molecule has 0 amide bonds. The van der Waals surface area contributed by atoms with E-state index in [1.807, 2.05) is 0 Å². The minimum absolute atomic E-state index is 0.383. The van der Waals surface area contributed by atoms with Gasteiger partial charge in [-0.05, 0) is 78.0 Å². The van der Waals surface area contributed by atoms with Gasteiger partial charge in [-0.1, -0.05) is 34.1 Å². The minimum Gasteiger partial charge on any atom is -0.381 e. The summed E-state index contributed by atoms with van der Waals surface area (Å²) in [6, 6.07) is 13.3. The van der Waals surface area contributed by atoms with Crippen molar-refractivity contribution in [3.8, 4) is 0 Å². The summed E-state index contributed by atoms with van der Waals surface area (Å²) in [5.41, 5.74) is 5.09. The van der Waals surface area contributed by atoms with Crippen molar-refractivity contribution in [1.82, 2.24) is 0 Å². The fourth-order valence-electron chi connectivity index (χ4n) is 2.37. The summed E-state index contributed by atoms with van der Waals surface area (Å²) in [4.78, 5) is 0. The van der Waals surface area contributed by atoms with Gasteiger partial charge in [-0.2, -0.15) is 0 Å². The zero-order valence-corrected chi connectivity index (χ0v) is 15.2. The molecule has 2 rings (SSSR count). The maximum absolute atomic E-state index is 3.65. The molecule has 0 spiro atoms. The second-order valence-electron chi connectivity index (χ2n) is 5.31. The van der Waals surface area contributed by atoms with Gasteiger partial charge in [-0.3, -0.25) is 0 Å². The summed E-state index contributed by atoms with van der Waals surface area (Å²) in [7, 11) is 0. The molecule has 2 aromatic rings. The lowest BCUT2D eigenvalue weighted by Gasteiger charge is -2.19. The van der Waals surface area contributed by atoms with Gasteiger partial charge in [-0.15, -0.1) is 0 Å². The molecular weight excluding hydrogens is 378 g/mol. The highest BCUT2D eigenvalue weighted by Crippen LogP contribution is 2.28. The van der Waals surface area contributed by atoms with Gasteiger partial charge in [0.15, 0.2) is 0 Å². The molecule has 1 unspecified atom stereocenters. The van der Waals surface area contributed by atoms with Gasteiger partial charge in [0.05, 0.1) is 5.69 Å². The standard InChI is InChI=1S/C17H19Br2N/c1-11-8-12(2)17(16(19)9-11)20-13(3)10-14-4-6-15(18)7-5-14/h4-9,13,20H,10H2,1-3H3. The SMILES string of the molecule is Cc1cc(C)c(NC(C)Cc2ccc(Br)cc2)c(Br)c1. The molecule has 0 aromatic heterocycles. The van der Waals surface area contributed by atoms with Crippen molar-refractivity contribution < 1.29 is 0 Å². The van der Waals surface area contributed by atoms with Gasteiger partial charge in [0.2, 0.25) is 0 Å². The topological polar surface area (TPSA) is 12.0 Å². The number of hydrogen-bond donors (Lipinski definition) is 1. The van der Waals surface area contributed by atoms with E-state index < -0.39 is 0 Å². The molecule has 1 nitrogen and oxygen atoms in total. The Bertz CT molecular complexity index is 567. The molecule has 2 aromatic carbocycles. The molecule has 0 aliphatic rings. The number of nitrogens with one attached hydrogen (secondary N) is 1. The summed E-state index contributed by atoms with van der Waals surface area (Å²) in [6.07, 6.45) is 1.01. The lowest BCUT2D eigenvalue weighted by Crippen LogP contribution is -2.19. The summed E-state index contributed by atoms with van der Waals surface area (Å²) < 4.78 is 2.26. The van der Waals surface area contributed by atoms with Crippen molar-refractivity contribution in [1.29, 1.82) is 0 Å². The van der Waals surface area contributed by atoms with Crippen LogP contribution in [0.15, 0.2) is 45.3 Å². The van der Waals surface area contributed by atoms with E-state index >= 15 is 0 Å². The lowest BCUT2D eigenvalue weighted by molar-refractivity contribution is 0.788. The van der Waals surface area contributed by atoms with Crippen LogP contribution in [-0.2, 0) is 6.42 Å². The van der Waals surface area contributed by atoms with Crippen molar-refractivity contribution in [3.63, 3.8) is 0 Å². The van der Waals surface area contributed by atoms with E-state index in [1.54, 1.807) is 0 Å². The van der Waals surface area contributed by atoms with Crippen LogP contribution < -0.4 is 5.32 Å². The van der Waals surface area contributed by atoms with Crippen LogP contribution in [0.1, 0.15) is 23.6 Å². The fourth-order valence-corrected chi connectivity index (χ4v) is 3.42. The van der Waals surface area contributed by atoms with E-state index in [2.05, 4.69) is 94.3 Å². The Hall–Kier alpha value is -0.800. The molecular formula is C17H19Br2N. The first-order chi connectivity index (χ1) is 9.45. The Balaban J connectivity index is 2.08. The largest absolute Gasteiger partial charge is 0.381 e. The van der Waals surface area contributed by atoms with E-state index in [9.17, 15) is 0 Å². The molecule has 3 heteroatoms. The average molecular weight is 397 g/mol. The molecule has 1 atom stereocenters. The number of rotatable bonds is 4. The Morgan fingerprint density at radius 1 is 1.05 bits per heavy atom. The van der Waals surface area contributed by atoms with Gasteiger partial charge in [0.25, 0.3) is 0 Å². The predicted molar refractivity (Wildman–Crippen MR) is 94.5 cm³/mol. The van der Waals surface area contributed by atoms with E-state index in [-0.39, 0.29) is 0 Å². The number of hydrogen-bond acceptors (Lipinski definition) is 1. The molecule has 0 bridgehead atoms. The zero-order chi connectivity index (χ0) is 14.7. The third-order valence-electron chi connectivity index (χ3n) is 3.28. The number of halogens is 2. The molecule has 0 aliphatic carbocycles. The lowest BCUT2D eigenvalue weighted by atomic mass is 10.1. The summed E-state index contributed by atoms with van der Waals surface area (Å²) >= 11 is 7.12. The molecule has 1 N–H and O–H groups in total. The maximum atomic E-state index is 3.65. The molecule has 0 fully saturated rings. The van der Waals surface area contributed by atoms with E-state index in [4.69, 9.17) is 0 Å². The highest BCUT2D eigenvalue weighted by atomic mass is 79.9. The van der Waals surface area contributed by atoms with Gasteiger partial charge in [0, 0.05) is 15.0 Å². The van der Waals surface area contributed by atoms with E-state index in [1.165, 1.54) is 22.4 Å². The quantitative estimate of drug-likeness (QED) is 0.681. The van der Waals surface area contributed by atoms with E-state index in [0.717, 1.165) is 15.4 Å². The second-order valence-corrected chi connectivity index (χ2v) is 7.08. The first kappa shape index (κ1) is 15.6. The summed E-state index contributed by atoms with van der Waals surface area (Å²) in [5.74, 6) is 0. The van der Waals surface area contributed by atoms with Gasteiger partial charge < -0.3 is 5.32 Å². The first-order valence-electron chi connectivity index (χ1n) is 6.73. The molecule has 0 saturated carbocycles. The Kier molecular flexibility index (Phi) is 5.28. The van der Waals surface area contributed by atoms with Crippen LogP contribution in [0.5, 0.6) is 0 Å². The van der Waals surface area contributed by atoms with E-state index in [0.29, 0.717) is 6.04 Å². The van der Waals surface area contributed by atoms with Crippen LogP contribution >= 0.6 is 31.9 Å². The monoisotopic (exact) mass is 395 g/mol. The highest BCUT2D eigenvalue weighted by molar-refractivity contribution is 9.10. The van der Waals surface area contributed by atoms with Crippen molar-refractivity contribution in [2.75, 3.05) is 5.32 Å². The Morgan fingerprint density at radius 3 is 2.30 bits per heavy atom. The number of anilines is 1. The third kappa shape index (κ3) is 4.10. The molecule has 0 heterocycles. The van der Waals surface area contributed by atoms with Crippen molar-refractivity contribution >= 4 is 37.5 Å². The minimum atomic E-state index is 0.383. The Morgan fingerprint density at radius 2 is 1.70 bits per heavy atom. The normalized spacial score (nSPS) is 12.2. The smallest absolute Gasteiger partial charge is 0.0516 e. The molecule has 0 radical (unpaired) electrons. The van der Waals surface area contributed by atoms with Crippen LogP contribution in [0.3, 0.4) is 0 Å². The van der Waals surface area contributed by atoms with Gasteiger partial charge >= 0.3 is 0 Å². The maximum Gasteiger partial charge on any atom is 0.0516 e. The van der Waals surface area contributed by atoms with Crippen LogP contribution in [0.4, 0.5) is 5.69 Å². The van der Waals surface area contributed by atoms with Crippen LogP contribution in [0.2, 0.25) is 0 Å². The summed E-state index contributed by atoms with van der Waals surface area (Å²) in [5, 5.41) is 3.61. The average Bonchev–Trinajstić information content (AvgIpc) is 2.36.